The molecule has 0 spiro atoms. The monoisotopic (exact) mass is 372 g/mol. The van der Waals surface area contributed by atoms with Crippen molar-refractivity contribution in [3.05, 3.63) is 58.6 Å². The van der Waals surface area contributed by atoms with Crippen LogP contribution >= 0.6 is 0 Å². The van der Waals surface area contributed by atoms with Gasteiger partial charge in [0.25, 0.3) is 5.69 Å². The first-order valence-corrected chi connectivity index (χ1v) is 9.25. The van der Waals surface area contributed by atoms with Crippen LogP contribution in [0.15, 0.2) is 48.5 Å². The standard InChI is InChI=1S/C20H25N3O4/c1-26-19-7-9-20(10-8-19)27-16-2-11-21-12-14-22(15-13-21)17-3-5-18(6-4-17)23(24)25/h3-10H,2,11-16H2,1H3/p+1. The minimum Gasteiger partial charge on any atom is -0.497 e. The maximum atomic E-state index is 10.7. The van der Waals surface area contributed by atoms with E-state index in [4.69, 9.17) is 9.47 Å². The van der Waals surface area contributed by atoms with Gasteiger partial charge in [0, 0.05) is 24.2 Å². The lowest BCUT2D eigenvalue weighted by molar-refractivity contribution is -0.900. The molecule has 0 bridgehead atoms. The van der Waals surface area contributed by atoms with Gasteiger partial charge in [-0.3, -0.25) is 10.1 Å². The molecule has 0 radical (unpaired) electrons. The number of nitrogens with zero attached hydrogens (tertiary/aromatic N) is 2. The highest BCUT2D eigenvalue weighted by atomic mass is 16.6. The summed E-state index contributed by atoms with van der Waals surface area (Å²) in [7, 11) is 1.65. The first-order valence-electron chi connectivity index (χ1n) is 9.25. The number of nitro benzene ring substituents is 1. The molecule has 0 saturated carbocycles. The van der Waals surface area contributed by atoms with Crippen molar-refractivity contribution in [2.24, 2.45) is 0 Å². The van der Waals surface area contributed by atoms with Gasteiger partial charge in [-0.15, -0.1) is 0 Å². The quantitative estimate of drug-likeness (QED) is 0.435. The van der Waals surface area contributed by atoms with Gasteiger partial charge in [0.1, 0.15) is 11.5 Å². The summed E-state index contributed by atoms with van der Waals surface area (Å²) in [5, 5.41) is 10.7. The third kappa shape index (κ3) is 5.34. The molecular weight excluding hydrogens is 346 g/mol. The molecule has 27 heavy (non-hydrogen) atoms. The Bertz CT molecular complexity index is 726. The van der Waals surface area contributed by atoms with E-state index in [1.54, 1.807) is 24.1 Å². The van der Waals surface area contributed by atoms with Gasteiger partial charge in [-0.05, 0) is 36.4 Å². The summed E-state index contributed by atoms with van der Waals surface area (Å²) in [6.07, 6.45) is 1.01. The number of rotatable bonds is 8. The van der Waals surface area contributed by atoms with Crippen molar-refractivity contribution < 1.29 is 19.3 Å². The predicted molar refractivity (Wildman–Crippen MR) is 104 cm³/mol. The molecule has 0 unspecified atom stereocenters. The van der Waals surface area contributed by atoms with Gasteiger partial charge >= 0.3 is 0 Å². The summed E-state index contributed by atoms with van der Waals surface area (Å²) in [4.78, 5) is 14.3. The van der Waals surface area contributed by atoms with Crippen molar-refractivity contribution in [2.75, 3.05) is 51.3 Å². The van der Waals surface area contributed by atoms with Gasteiger partial charge in [0.05, 0.1) is 51.4 Å². The van der Waals surface area contributed by atoms with Crippen LogP contribution in [0.25, 0.3) is 0 Å². The van der Waals surface area contributed by atoms with Crippen LogP contribution in [0.5, 0.6) is 11.5 Å². The molecule has 0 amide bonds. The lowest BCUT2D eigenvalue weighted by Crippen LogP contribution is -3.14. The lowest BCUT2D eigenvalue weighted by Gasteiger charge is -2.33. The maximum Gasteiger partial charge on any atom is 0.269 e. The van der Waals surface area contributed by atoms with E-state index >= 15 is 0 Å². The highest BCUT2D eigenvalue weighted by Crippen LogP contribution is 2.19. The smallest absolute Gasteiger partial charge is 0.269 e. The van der Waals surface area contributed by atoms with Gasteiger partial charge in [-0.1, -0.05) is 0 Å². The molecule has 2 aromatic carbocycles. The topological polar surface area (TPSA) is 69.3 Å². The average molecular weight is 372 g/mol. The maximum absolute atomic E-state index is 10.7. The largest absolute Gasteiger partial charge is 0.497 e. The summed E-state index contributed by atoms with van der Waals surface area (Å²) in [6.45, 7) is 5.87. The van der Waals surface area contributed by atoms with Crippen molar-refractivity contribution in [1.29, 1.82) is 0 Å². The van der Waals surface area contributed by atoms with Crippen molar-refractivity contribution in [3.63, 3.8) is 0 Å². The number of nitrogens with one attached hydrogen (secondary N) is 1. The van der Waals surface area contributed by atoms with Crippen LogP contribution in [0.1, 0.15) is 6.42 Å². The van der Waals surface area contributed by atoms with Crippen molar-refractivity contribution in [3.8, 4) is 11.5 Å². The molecule has 0 aliphatic carbocycles. The molecule has 2 aromatic rings. The molecule has 0 aromatic heterocycles. The van der Waals surface area contributed by atoms with Crippen LogP contribution < -0.4 is 19.3 Å². The third-order valence-electron chi connectivity index (χ3n) is 4.90. The third-order valence-corrected chi connectivity index (χ3v) is 4.90. The zero-order valence-corrected chi connectivity index (χ0v) is 15.6. The molecule has 0 atom stereocenters. The Labute approximate surface area is 159 Å². The number of quaternary nitrogens is 1. The Kier molecular flexibility index (Phi) is 6.49. The molecule has 1 aliphatic rings. The number of piperazine rings is 1. The van der Waals surface area contributed by atoms with Gasteiger partial charge < -0.3 is 19.3 Å². The summed E-state index contributed by atoms with van der Waals surface area (Å²) in [5.74, 6) is 1.70. The molecule has 144 valence electrons. The SMILES string of the molecule is COc1ccc(OCCC[NH+]2CCN(c3ccc([N+](=O)[O-])cc3)CC2)cc1. The summed E-state index contributed by atoms with van der Waals surface area (Å²) >= 11 is 0. The first-order chi connectivity index (χ1) is 13.2. The molecule has 1 saturated heterocycles. The Morgan fingerprint density at radius 1 is 1.04 bits per heavy atom. The number of hydrogen-bond donors (Lipinski definition) is 1. The Morgan fingerprint density at radius 2 is 1.67 bits per heavy atom. The van der Waals surface area contributed by atoms with E-state index in [1.165, 1.54) is 0 Å². The van der Waals surface area contributed by atoms with E-state index in [1.807, 2.05) is 36.4 Å². The van der Waals surface area contributed by atoms with E-state index in [-0.39, 0.29) is 10.6 Å². The van der Waals surface area contributed by atoms with Crippen LogP contribution in [-0.4, -0.2) is 51.4 Å². The van der Waals surface area contributed by atoms with Gasteiger partial charge in [0.2, 0.25) is 0 Å². The lowest BCUT2D eigenvalue weighted by atomic mass is 10.2. The second kappa shape index (κ2) is 9.23. The fourth-order valence-corrected chi connectivity index (χ4v) is 3.30. The van der Waals surface area contributed by atoms with Crippen molar-refractivity contribution >= 4 is 11.4 Å². The van der Waals surface area contributed by atoms with E-state index in [9.17, 15) is 10.1 Å². The fourth-order valence-electron chi connectivity index (χ4n) is 3.30. The molecule has 1 N–H and O–H groups in total. The van der Waals surface area contributed by atoms with E-state index in [2.05, 4.69) is 4.90 Å². The summed E-state index contributed by atoms with van der Waals surface area (Å²) < 4.78 is 10.9. The van der Waals surface area contributed by atoms with Crippen LogP contribution in [0.4, 0.5) is 11.4 Å². The minimum absolute atomic E-state index is 0.139. The Balaban J connectivity index is 1.36. The predicted octanol–water partition coefficient (Wildman–Crippen LogP) is 1.78. The Morgan fingerprint density at radius 3 is 2.26 bits per heavy atom. The minimum atomic E-state index is -0.361. The molecule has 3 rings (SSSR count). The fraction of sp³-hybridized carbons (Fsp3) is 0.400. The van der Waals surface area contributed by atoms with Crippen LogP contribution in [-0.2, 0) is 0 Å². The number of benzene rings is 2. The summed E-state index contributed by atoms with van der Waals surface area (Å²) in [6, 6.07) is 14.5. The molecule has 7 nitrogen and oxygen atoms in total. The van der Waals surface area contributed by atoms with Crippen LogP contribution in [0.3, 0.4) is 0 Å². The van der Waals surface area contributed by atoms with Crippen molar-refractivity contribution in [2.45, 2.75) is 6.42 Å². The number of ether oxygens (including phenoxy) is 2. The molecule has 1 fully saturated rings. The second-order valence-electron chi connectivity index (χ2n) is 6.64. The molecule has 7 heteroatoms. The van der Waals surface area contributed by atoms with Gasteiger partial charge in [0.15, 0.2) is 0 Å². The number of nitro groups is 1. The highest BCUT2D eigenvalue weighted by Gasteiger charge is 2.20. The van der Waals surface area contributed by atoms with E-state index < -0.39 is 0 Å². The molecule has 1 aliphatic heterocycles. The van der Waals surface area contributed by atoms with Crippen LogP contribution in [0.2, 0.25) is 0 Å². The zero-order valence-electron chi connectivity index (χ0n) is 15.6. The normalized spacial score (nSPS) is 14.8. The molecule has 1 heterocycles. The van der Waals surface area contributed by atoms with E-state index in [0.717, 1.165) is 56.3 Å². The average Bonchev–Trinajstić information content (AvgIpc) is 2.72. The van der Waals surface area contributed by atoms with Gasteiger partial charge in [-0.2, -0.15) is 0 Å². The highest BCUT2D eigenvalue weighted by molar-refractivity contribution is 5.51. The first kappa shape index (κ1) is 19.0. The van der Waals surface area contributed by atoms with Gasteiger partial charge in [-0.25, -0.2) is 0 Å². The zero-order chi connectivity index (χ0) is 19.1. The summed E-state index contributed by atoms with van der Waals surface area (Å²) in [5.41, 5.74) is 1.20. The van der Waals surface area contributed by atoms with E-state index in [0.29, 0.717) is 6.61 Å². The number of methoxy groups -OCH3 is 1. The van der Waals surface area contributed by atoms with Crippen molar-refractivity contribution in [1.82, 2.24) is 0 Å². The number of hydrogen-bond acceptors (Lipinski definition) is 5. The number of non-ortho nitro benzene ring substituents is 1. The Hall–Kier alpha value is -2.80. The molecular formula is C20H26N3O4+. The number of anilines is 1. The second-order valence-corrected chi connectivity index (χ2v) is 6.64. The van der Waals surface area contributed by atoms with Crippen LogP contribution in [0, 0.1) is 10.1 Å².